The number of nitriles is 1. The molecule has 2 aromatic rings. The number of rotatable bonds is 5. The maximum atomic E-state index is 11.2. The molecule has 20 heavy (non-hydrogen) atoms. The molecule has 0 aliphatic rings. The second-order valence-electron chi connectivity index (χ2n) is 4.23. The topological polar surface area (TPSA) is 70.3 Å². The molecule has 0 fully saturated rings. The van der Waals surface area contributed by atoms with Crippen LogP contribution in [0.3, 0.4) is 0 Å². The van der Waals surface area contributed by atoms with E-state index in [1.807, 2.05) is 36.4 Å². The maximum absolute atomic E-state index is 11.2. The lowest BCUT2D eigenvalue weighted by Gasteiger charge is -2.09. The third kappa shape index (κ3) is 3.36. The van der Waals surface area contributed by atoms with Crippen LogP contribution in [0.1, 0.15) is 21.5 Å². The number of carboxylic acids is 1. The maximum Gasteiger partial charge on any atom is 0.336 e. The summed E-state index contributed by atoms with van der Waals surface area (Å²) in [5.41, 5.74) is 1.61. The Labute approximate surface area is 116 Å². The summed E-state index contributed by atoms with van der Waals surface area (Å²) in [6, 6.07) is 16.3. The molecule has 2 rings (SSSR count). The van der Waals surface area contributed by atoms with Crippen molar-refractivity contribution in [2.24, 2.45) is 0 Å². The summed E-state index contributed by atoms with van der Waals surface area (Å²) in [5, 5.41) is 17.8. The van der Waals surface area contributed by atoms with Gasteiger partial charge in [-0.3, -0.25) is 0 Å². The minimum Gasteiger partial charge on any atom is -0.489 e. The van der Waals surface area contributed by atoms with Crippen molar-refractivity contribution in [3.8, 4) is 11.8 Å². The molecule has 100 valence electrons. The van der Waals surface area contributed by atoms with E-state index in [0.717, 1.165) is 5.56 Å². The number of nitrogens with zero attached hydrogens (tertiary/aromatic N) is 1. The van der Waals surface area contributed by atoms with E-state index in [9.17, 15) is 4.79 Å². The van der Waals surface area contributed by atoms with Gasteiger partial charge in [0, 0.05) is 0 Å². The Hall–Kier alpha value is -2.80. The van der Waals surface area contributed by atoms with Crippen molar-refractivity contribution in [3.05, 3.63) is 65.2 Å². The van der Waals surface area contributed by atoms with Crippen molar-refractivity contribution < 1.29 is 14.6 Å². The fraction of sp³-hybridized carbons (Fsp3) is 0.125. The number of aromatic carboxylic acids is 1. The van der Waals surface area contributed by atoms with Crippen molar-refractivity contribution in [3.63, 3.8) is 0 Å². The van der Waals surface area contributed by atoms with E-state index < -0.39 is 5.97 Å². The number of carbonyl (C=O) groups is 1. The van der Waals surface area contributed by atoms with Gasteiger partial charge in [0.1, 0.15) is 12.4 Å². The molecule has 0 saturated carbocycles. The van der Waals surface area contributed by atoms with Gasteiger partial charge in [-0.15, -0.1) is 0 Å². The highest BCUT2D eigenvalue weighted by molar-refractivity contribution is 5.90. The predicted octanol–water partition coefficient (Wildman–Crippen LogP) is 3.03. The van der Waals surface area contributed by atoms with Crippen molar-refractivity contribution in [2.75, 3.05) is 0 Å². The number of benzene rings is 2. The average Bonchev–Trinajstić information content (AvgIpc) is 2.47. The molecule has 0 aliphatic carbocycles. The highest BCUT2D eigenvalue weighted by Crippen LogP contribution is 2.19. The molecule has 0 spiro atoms. The summed E-state index contributed by atoms with van der Waals surface area (Å²) in [6.07, 6.45) is 0.0700. The summed E-state index contributed by atoms with van der Waals surface area (Å²) in [6.45, 7) is 0.373. The van der Waals surface area contributed by atoms with E-state index >= 15 is 0 Å². The molecule has 0 amide bonds. The summed E-state index contributed by atoms with van der Waals surface area (Å²) in [5.74, 6) is -0.576. The van der Waals surface area contributed by atoms with Gasteiger partial charge in [0.2, 0.25) is 0 Å². The fourth-order valence-electron chi connectivity index (χ4n) is 1.82. The first-order valence-corrected chi connectivity index (χ1v) is 6.10. The molecule has 0 radical (unpaired) electrons. The van der Waals surface area contributed by atoms with Gasteiger partial charge in [-0.05, 0) is 23.3 Å². The van der Waals surface area contributed by atoms with E-state index in [1.165, 1.54) is 6.07 Å². The lowest BCUT2D eigenvalue weighted by Crippen LogP contribution is -2.03. The van der Waals surface area contributed by atoms with Gasteiger partial charge in [0.25, 0.3) is 0 Å². The first-order chi connectivity index (χ1) is 9.70. The van der Waals surface area contributed by atoms with E-state index in [0.29, 0.717) is 17.9 Å². The van der Waals surface area contributed by atoms with E-state index in [4.69, 9.17) is 15.1 Å². The van der Waals surface area contributed by atoms with Crippen molar-refractivity contribution >= 4 is 5.97 Å². The van der Waals surface area contributed by atoms with Gasteiger partial charge in [0.05, 0.1) is 18.1 Å². The summed E-state index contributed by atoms with van der Waals surface area (Å²) < 4.78 is 5.57. The van der Waals surface area contributed by atoms with Gasteiger partial charge in [-0.1, -0.05) is 36.4 Å². The molecule has 0 aliphatic heterocycles. The highest BCUT2D eigenvalue weighted by atomic mass is 16.5. The van der Waals surface area contributed by atoms with Gasteiger partial charge in [-0.25, -0.2) is 4.79 Å². The van der Waals surface area contributed by atoms with Crippen LogP contribution in [0.5, 0.6) is 5.75 Å². The van der Waals surface area contributed by atoms with E-state index in [2.05, 4.69) is 0 Å². The van der Waals surface area contributed by atoms with Crippen molar-refractivity contribution in [1.29, 1.82) is 5.26 Å². The summed E-state index contributed by atoms with van der Waals surface area (Å²) in [7, 11) is 0. The predicted molar refractivity (Wildman–Crippen MR) is 73.5 cm³/mol. The molecular formula is C16H13NO3. The smallest absolute Gasteiger partial charge is 0.336 e. The Kier molecular flexibility index (Phi) is 4.35. The normalized spacial score (nSPS) is 9.75. The van der Waals surface area contributed by atoms with Crippen LogP contribution in [-0.2, 0) is 13.0 Å². The molecule has 0 atom stereocenters. The van der Waals surface area contributed by atoms with Crippen molar-refractivity contribution in [2.45, 2.75) is 13.0 Å². The van der Waals surface area contributed by atoms with E-state index in [1.54, 1.807) is 12.1 Å². The Balaban J connectivity index is 2.15. The van der Waals surface area contributed by atoms with Crippen LogP contribution in [-0.4, -0.2) is 11.1 Å². The van der Waals surface area contributed by atoms with Crippen LogP contribution < -0.4 is 4.74 Å². The summed E-state index contributed by atoms with van der Waals surface area (Å²) in [4.78, 5) is 11.2. The molecule has 0 unspecified atom stereocenters. The Morgan fingerprint density at radius 1 is 1.20 bits per heavy atom. The Morgan fingerprint density at radius 3 is 2.60 bits per heavy atom. The van der Waals surface area contributed by atoms with Gasteiger partial charge in [0.15, 0.2) is 0 Å². The molecule has 4 nitrogen and oxygen atoms in total. The number of hydrogen-bond acceptors (Lipinski definition) is 3. The van der Waals surface area contributed by atoms with Crippen LogP contribution in [0.4, 0.5) is 0 Å². The summed E-state index contributed by atoms with van der Waals surface area (Å²) >= 11 is 0. The molecule has 0 bridgehead atoms. The van der Waals surface area contributed by atoms with Crippen LogP contribution in [0.2, 0.25) is 0 Å². The standard InChI is InChI=1S/C16H13NO3/c17-9-8-13-6-7-14(10-15(13)16(18)19)20-11-12-4-2-1-3-5-12/h1-7,10H,8,11H2,(H,18,19). The molecule has 1 N–H and O–H groups in total. The third-order valence-electron chi connectivity index (χ3n) is 2.83. The Bertz CT molecular complexity index is 645. The zero-order chi connectivity index (χ0) is 14.4. The molecule has 0 aromatic heterocycles. The fourth-order valence-corrected chi connectivity index (χ4v) is 1.82. The zero-order valence-corrected chi connectivity index (χ0v) is 10.7. The van der Waals surface area contributed by atoms with Gasteiger partial charge in [-0.2, -0.15) is 5.26 Å². The van der Waals surface area contributed by atoms with Crippen LogP contribution in [0.25, 0.3) is 0 Å². The number of ether oxygens (including phenoxy) is 1. The third-order valence-corrected chi connectivity index (χ3v) is 2.83. The second kappa shape index (κ2) is 6.39. The second-order valence-corrected chi connectivity index (χ2v) is 4.23. The van der Waals surface area contributed by atoms with Crippen LogP contribution in [0, 0.1) is 11.3 Å². The Morgan fingerprint density at radius 2 is 1.95 bits per heavy atom. The lowest BCUT2D eigenvalue weighted by atomic mass is 10.0. The zero-order valence-electron chi connectivity index (χ0n) is 10.7. The molecule has 0 saturated heterocycles. The SMILES string of the molecule is N#CCc1ccc(OCc2ccccc2)cc1C(=O)O. The van der Waals surface area contributed by atoms with Crippen LogP contribution >= 0.6 is 0 Å². The molecule has 0 heterocycles. The van der Waals surface area contributed by atoms with Gasteiger partial charge < -0.3 is 9.84 Å². The minimum absolute atomic E-state index is 0.0700. The molecular weight excluding hydrogens is 254 g/mol. The van der Waals surface area contributed by atoms with Crippen molar-refractivity contribution in [1.82, 2.24) is 0 Å². The highest BCUT2D eigenvalue weighted by Gasteiger charge is 2.11. The monoisotopic (exact) mass is 267 g/mol. The first-order valence-electron chi connectivity index (χ1n) is 6.10. The molecule has 2 aromatic carbocycles. The van der Waals surface area contributed by atoms with Gasteiger partial charge >= 0.3 is 5.97 Å². The minimum atomic E-state index is -1.06. The first kappa shape index (κ1) is 13.6. The van der Waals surface area contributed by atoms with E-state index in [-0.39, 0.29) is 12.0 Å². The average molecular weight is 267 g/mol. The van der Waals surface area contributed by atoms with Crippen LogP contribution in [0.15, 0.2) is 48.5 Å². The molecule has 4 heteroatoms. The number of carboxylic acid groups (broad SMARTS) is 1. The quantitative estimate of drug-likeness (QED) is 0.903. The lowest BCUT2D eigenvalue weighted by molar-refractivity contribution is 0.0695. The number of hydrogen-bond donors (Lipinski definition) is 1. The largest absolute Gasteiger partial charge is 0.489 e.